The number of amides is 1. The zero-order valence-corrected chi connectivity index (χ0v) is 16.4. The summed E-state index contributed by atoms with van der Waals surface area (Å²) in [5.74, 6) is -0.0967. The van der Waals surface area contributed by atoms with Crippen LogP contribution in [0.2, 0.25) is 5.02 Å². The highest BCUT2D eigenvalue weighted by Crippen LogP contribution is 2.33. The first-order valence-corrected chi connectivity index (χ1v) is 9.92. The number of aryl methyl sites for hydroxylation is 1. The van der Waals surface area contributed by atoms with Crippen molar-refractivity contribution < 1.29 is 4.79 Å². The molecule has 4 aromatic rings. The van der Waals surface area contributed by atoms with E-state index < -0.39 is 0 Å². The highest BCUT2D eigenvalue weighted by atomic mass is 35.5. The number of fused-ring (bicyclic) bond motifs is 1. The van der Waals surface area contributed by atoms with Gasteiger partial charge >= 0.3 is 0 Å². The average molecular weight is 392 g/mol. The van der Waals surface area contributed by atoms with Crippen molar-refractivity contribution in [3.63, 3.8) is 0 Å². The van der Waals surface area contributed by atoms with Crippen LogP contribution in [0.4, 0.5) is 5.69 Å². The first kappa shape index (κ1) is 17.8. The molecule has 0 radical (unpaired) electrons. The van der Waals surface area contributed by atoms with E-state index >= 15 is 0 Å². The molecule has 0 spiro atoms. The molecule has 134 valence electrons. The molecular weight excluding hydrogens is 374 g/mol. The second kappa shape index (κ2) is 7.55. The Bertz CT molecular complexity index is 1110. The van der Waals surface area contributed by atoms with Crippen molar-refractivity contribution in [3.05, 3.63) is 99.4 Å². The number of thiophene rings is 1. The molecule has 27 heavy (non-hydrogen) atoms. The molecule has 0 bridgehead atoms. The number of benzene rings is 3. The van der Waals surface area contributed by atoms with Crippen molar-refractivity contribution in [2.24, 2.45) is 0 Å². The first-order chi connectivity index (χ1) is 13.1. The van der Waals surface area contributed by atoms with Gasteiger partial charge in [0.2, 0.25) is 0 Å². The van der Waals surface area contributed by atoms with Crippen LogP contribution >= 0.6 is 22.9 Å². The van der Waals surface area contributed by atoms with Crippen molar-refractivity contribution in [3.8, 4) is 0 Å². The van der Waals surface area contributed by atoms with Crippen LogP contribution in [0.15, 0.2) is 72.8 Å². The van der Waals surface area contributed by atoms with Gasteiger partial charge in [-0.25, -0.2) is 0 Å². The molecule has 0 atom stereocenters. The van der Waals surface area contributed by atoms with Crippen LogP contribution in [-0.4, -0.2) is 5.91 Å². The lowest BCUT2D eigenvalue weighted by molar-refractivity contribution is 0.103. The van der Waals surface area contributed by atoms with Gasteiger partial charge in [-0.3, -0.25) is 4.79 Å². The van der Waals surface area contributed by atoms with Crippen molar-refractivity contribution in [2.75, 3.05) is 5.32 Å². The summed E-state index contributed by atoms with van der Waals surface area (Å²) < 4.78 is 1.12. The van der Waals surface area contributed by atoms with Crippen molar-refractivity contribution >= 4 is 44.6 Å². The molecule has 0 unspecified atom stereocenters. The number of rotatable bonds is 4. The molecule has 3 aromatic carbocycles. The summed E-state index contributed by atoms with van der Waals surface area (Å²) in [6.45, 7) is 2.08. The lowest BCUT2D eigenvalue weighted by atomic mass is 10.0. The molecule has 2 nitrogen and oxygen atoms in total. The fourth-order valence-electron chi connectivity index (χ4n) is 3.12. The first-order valence-electron chi connectivity index (χ1n) is 8.73. The molecule has 4 heteroatoms. The highest BCUT2D eigenvalue weighted by molar-refractivity contribution is 7.21. The monoisotopic (exact) mass is 391 g/mol. The molecule has 0 aliphatic rings. The quantitative estimate of drug-likeness (QED) is 0.411. The molecular formula is C23H18ClNOS. The lowest BCUT2D eigenvalue weighted by Gasteiger charge is -2.08. The van der Waals surface area contributed by atoms with E-state index in [4.69, 9.17) is 11.6 Å². The van der Waals surface area contributed by atoms with Crippen LogP contribution in [0.5, 0.6) is 0 Å². The zero-order valence-electron chi connectivity index (χ0n) is 14.8. The van der Waals surface area contributed by atoms with E-state index in [1.54, 1.807) is 12.1 Å². The zero-order chi connectivity index (χ0) is 18.8. The number of nitrogens with one attached hydrogen (secondary N) is 1. The summed E-state index contributed by atoms with van der Waals surface area (Å²) in [6, 6.07) is 23.9. The van der Waals surface area contributed by atoms with Crippen LogP contribution in [0, 0.1) is 6.92 Å². The van der Waals surface area contributed by atoms with Gasteiger partial charge in [-0.2, -0.15) is 0 Å². The van der Waals surface area contributed by atoms with Crippen LogP contribution in [-0.2, 0) is 6.42 Å². The van der Waals surface area contributed by atoms with Gasteiger partial charge in [0.15, 0.2) is 0 Å². The van der Waals surface area contributed by atoms with Gasteiger partial charge < -0.3 is 5.32 Å². The summed E-state index contributed by atoms with van der Waals surface area (Å²) in [5.41, 5.74) is 4.19. The molecule has 1 aromatic heterocycles. The fourth-order valence-corrected chi connectivity index (χ4v) is 4.43. The molecule has 0 aliphatic heterocycles. The van der Waals surface area contributed by atoms with E-state index in [-0.39, 0.29) is 5.91 Å². The van der Waals surface area contributed by atoms with E-state index in [1.807, 2.05) is 24.3 Å². The van der Waals surface area contributed by atoms with Gasteiger partial charge in [-0.1, -0.05) is 65.7 Å². The Morgan fingerprint density at radius 1 is 1.00 bits per heavy atom. The SMILES string of the molecule is Cc1ccc(Cc2c(C(=O)Nc3cccc(Cl)c3)sc3ccccc23)cc1. The number of hydrogen-bond acceptors (Lipinski definition) is 2. The standard InChI is InChI=1S/C23H18ClNOS/c1-15-9-11-16(12-10-15)13-20-19-7-2-3-8-21(19)27-22(20)23(26)25-18-6-4-5-17(24)14-18/h2-12,14H,13H2,1H3,(H,25,26). The van der Waals surface area contributed by atoms with Gasteiger partial charge in [0.1, 0.15) is 0 Å². The number of carbonyl (C=O) groups excluding carboxylic acids is 1. The topological polar surface area (TPSA) is 29.1 Å². The van der Waals surface area contributed by atoms with E-state index in [0.29, 0.717) is 10.7 Å². The van der Waals surface area contributed by atoms with Gasteiger partial charge in [-0.15, -0.1) is 11.3 Å². The summed E-state index contributed by atoms with van der Waals surface area (Å²) in [4.78, 5) is 13.8. The van der Waals surface area contributed by atoms with E-state index in [2.05, 4.69) is 48.6 Å². The number of carbonyl (C=O) groups is 1. The summed E-state index contributed by atoms with van der Waals surface area (Å²) in [6.07, 6.45) is 0.725. The third-order valence-corrected chi connectivity index (χ3v) is 5.94. The molecule has 1 heterocycles. The Morgan fingerprint density at radius 2 is 1.78 bits per heavy atom. The third kappa shape index (κ3) is 3.90. The van der Waals surface area contributed by atoms with Crippen LogP contribution in [0.1, 0.15) is 26.4 Å². The molecule has 1 amide bonds. The summed E-state index contributed by atoms with van der Waals surface area (Å²) in [5, 5.41) is 4.72. The smallest absolute Gasteiger partial charge is 0.266 e. The molecule has 0 saturated heterocycles. The lowest BCUT2D eigenvalue weighted by Crippen LogP contribution is -2.12. The molecule has 0 aliphatic carbocycles. The maximum Gasteiger partial charge on any atom is 0.266 e. The van der Waals surface area contributed by atoms with Crippen LogP contribution in [0.3, 0.4) is 0 Å². The molecule has 0 fully saturated rings. The second-order valence-electron chi connectivity index (χ2n) is 6.53. The van der Waals surface area contributed by atoms with Crippen molar-refractivity contribution in [1.82, 2.24) is 0 Å². The van der Waals surface area contributed by atoms with Crippen LogP contribution in [0.25, 0.3) is 10.1 Å². The van der Waals surface area contributed by atoms with E-state index in [0.717, 1.165) is 26.9 Å². The minimum Gasteiger partial charge on any atom is -0.321 e. The van der Waals surface area contributed by atoms with Crippen LogP contribution < -0.4 is 5.32 Å². The van der Waals surface area contributed by atoms with Crippen molar-refractivity contribution in [1.29, 1.82) is 0 Å². The highest BCUT2D eigenvalue weighted by Gasteiger charge is 2.19. The minimum absolute atomic E-state index is 0.0967. The minimum atomic E-state index is -0.0967. The predicted molar refractivity (Wildman–Crippen MR) is 115 cm³/mol. The number of anilines is 1. The Kier molecular flexibility index (Phi) is 4.97. The maximum absolute atomic E-state index is 13.0. The Labute approximate surface area is 167 Å². The fraction of sp³-hybridized carbons (Fsp3) is 0.0870. The Balaban J connectivity index is 1.73. The second-order valence-corrected chi connectivity index (χ2v) is 8.02. The normalized spacial score (nSPS) is 10.9. The summed E-state index contributed by atoms with van der Waals surface area (Å²) in [7, 11) is 0. The molecule has 0 saturated carbocycles. The molecule has 1 N–H and O–H groups in total. The predicted octanol–water partition coefficient (Wildman–Crippen LogP) is 6.71. The van der Waals surface area contributed by atoms with E-state index in [1.165, 1.54) is 22.5 Å². The van der Waals surface area contributed by atoms with Gasteiger partial charge in [0.25, 0.3) is 5.91 Å². The van der Waals surface area contributed by atoms with Crippen molar-refractivity contribution in [2.45, 2.75) is 13.3 Å². The third-order valence-electron chi connectivity index (χ3n) is 4.49. The van der Waals surface area contributed by atoms with E-state index in [9.17, 15) is 4.79 Å². The van der Waals surface area contributed by atoms with Gasteiger partial charge in [0.05, 0.1) is 4.88 Å². The summed E-state index contributed by atoms with van der Waals surface area (Å²) >= 11 is 7.57. The number of hydrogen-bond donors (Lipinski definition) is 1. The Hall–Kier alpha value is -2.62. The number of halogens is 1. The largest absolute Gasteiger partial charge is 0.321 e. The van der Waals surface area contributed by atoms with Gasteiger partial charge in [-0.05, 0) is 54.1 Å². The molecule has 4 rings (SSSR count). The maximum atomic E-state index is 13.0. The average Bonchev–Trinajstić information content (AvgIpc) is 3.02. The van der Waals surface area contributed by atoms with Gasteiger partial charge in [0, 0.05) is 15.4 Å². The Morgan fingerprint density at radius 3 is 2.56 bits per heavy atom.